The Bertz CT molecular complexity index is 1120. The number of carbonyl (C=O) groups is 2. The van der Waals surface area contributed by atoms with Crippen molar-refractivity contribution in [3.05, 3.63) is 58.2 Å². The number of amides is 2. The molecule has 1 saturated heterocycles. The molecular weight excluding hydrogens is 428 g/mol. The number of hydrogen-bond acceptors (Lipinski definition) is 7. The van der Waals surface area contributed by atoms with Crippen molar-refractivity contribution in [3.8, 4) is 5.75 Å². The zero-order chi connectivity index (χ0) is 22.7. The molecule has 0 radical (unpaired) electrons. The topological polar surface area (TPSA) is 97.6 Å². The molecule has 1 aliphatic heterocycles. The molecule has 1 atom stereocenters. The van der Waals surface area contributed by atoms with Gasteiger partial charge in [-0.1, -0.05) is 29.5 Å². The molecule has 2 amide bonds. The molecule has 1 aliphatic rings. The summed E-state index contributed by atoms with van der Waals surface area (Å²) in [6.45, 7) is 4.43. The standard InChI is InChI=1S/C23H26N4O4S/c1-14-20(32-23(25-14)26-15(2)28)22(29)27-10-6-8-17(13-27)21-24-12-18(31-21)11-16-7-4-5-9-19(16)30-3/h4-5,7,9,12,17H,6,8,10-11,13H2,1-3H3,(H,25,26,28). The number of methoxy groups -OCH3 is 1. The highest BCUT2D eigenvalue weighted by Crippen LogP contribution is 2.31. The number of likely N-dealkylation sites (tertiary alicyclic amines) is 1. The second kappa shape index (κ2) is 9.52. The first-order chi connectivity index (χ1) is 15.4. The van der Waals surface area contributed by atoms with Crippen LogP contribution in [-0.2, 0) is 11.2 Å². The lowest BCUT2D eigenvalue weighted by atomic mass is 9.98. The average Bonchev–Trinajstić information content (AvgIpc) is 3.39. The maximum atomic E-state index is 13.1. The lowest BCUT2D eigenvalue weighted by molar-refractivity contribution is -0.114. The number of ether oxygens (including phenoxy) is 1. The molecular formula is C23H26N4O4S. The summed E-state index contributed by atoms with van der Waals surface area (Å²) in [5.41, 5.74) is 1.66. The van der Waals surface area contributed by atoms with Crippen LogP contribution in [0.25, 0.3) is 0 Å². The Balaban J connectivity index is 1.45. The van der Waals surface area contributed by atoms with Crippen LogP contribution in [0.2, 0.25) is 0 Å². The molecule has 0 spiro atoms. The van der Waals surface area contributed by atoms with Gasteiger partial charge in [0.1, 0.15) is 16.4 Å². The van der Waals surface area contributed by atoms with Gasteiger partial charge in [-0.15, -0.1) is 0 Å². The molecule has 0 saturated carbocycles. The highest BCUT2D eigenvalue weighted by Gasteiger charge is 2.30. The maximum Gasteiger partial charge on any atom is 0.265 e. The Hall–Kier alpha value is -3.20. The van der Waals surface area contributed by atoms with E-state index in [1.54, 1.807) is 20.2 Å². The Morgan fingerprint density at radius 3 is 2.94 bits per heavy atom. The van der Waals surface area contributed by atoms with Gasteiger partial charge in [-0.2, -0.15) is 0 Å². The smallest absolute Gasteiger partial charge is 0.265 e. The van der Waals surface area contributed by atoms with Crippen LogP contribution in [0.15, 0.2) is 34.9 Å². The molecule has 168 valence electrons. The van der Waals surface area contributed by atoms with Crippen molar-refractivity contribution < 1.29 is 18.7 Å². The predicted octanol–water partition coefficient (Wildman–Crippen LogP) is 4.02. The molecule has 3 aromatic rings. The second-order valence-electron chi connectivity index (χ2n) is 7.86. The minimum absolute atomic E-state index is 0.0437. The van der Waals surface area contributed by atoms with Crippen molar-refractivity contribution >= 4 is 28.3 Å². The fraction of sp³-hybridized carbons (Fsp3) is 0.391. The summed E-state index contributed by atoms with van der Waals surface area (Å²) in [4.78, 5) is 35.6. The Morgan fingerprint density at radius 1 is 1.34 bits per heavy atom. The first kappa shape index (κ1) is 22.0. The SMILES string of the molecule is COc1ccccc1Cc1cnc(C2CCCN(C(=O)c3sc(NC(C)=O)nc3C)C2)o1. The van der Waals surface area contributed by atoms with Crippen LogP contribution in [-0.4, -0.2) is 46.9 Å². The Morgan fingerprint density at radius 2 is 2.16 bits per heavy atom. The molecule has 9 heteroatoms. The van der Waals surface area contributed by atoms with E-state index < -0.39 is 0 Å². The van der Waals surface area contributed by atoms with E-state index in [0.29, 0.717) is 41.1 Å². The van der Waals surface area contributed by atoms with Gasteiger partial charge in [0.15, 0.2) is 11.0 Å². The first-order valence-corrected chi connectivity index (χ1v) is 11.4. The van der Waals surface area contributed by atoms with Gasteiger partial charge >= 0.3 is 0 Å². The lowest BCUT2D eigenvalue weighted by Gasteiger charge is -2.31. The molecule has 32 heavy (non-hydrogen) atoms. The number of nitrogens with zero attached hydrogens (tertiary/aromatic N) is 3. The number of aromatic nitrogens is 2. The van der Waals surface area contributed by atoms with Gasteiger partial charge < -0.3 is 19.4 Å². The van der Waals surface area contributed by atoms with Crippen LogP contribution in [0.5, 0.6) is 5.75 Å². The number of aryl methyl sites for hydroxylation is 1. The summed E-state index contributed by atoms with van der Waals surface area (Å²) in [5.74, 6) is 2.02. The van der Waals surface area contributed by atoms with Crippen LogP contribution in [0.3, 0.4) is 0 Å². The van der Waals surface area contributed by atoms with E-state index in [1.807, 2.05) is 29.2 Å². The van der Waals surface area contributed by atoms with Crippen molar-refractivity contribution in [1.29, 1.82) is 0 Å². The summed E-state index contributed by atoms with van der Waals surface area (Å²) in [7, 11) is 1.65. The van der Waals surface area contributed by atoms with E-state index >= 15 is 0 Å². The molecule has 1 fully saturated rings. The molecule has 1 unspecified atom stereocenters. The predicted molar refractivity (Wildman–Crippen MR) is 121 cm³/mol. The highest BCUT2D eigenvalue weighted by molar-refractivity contribution is 7.17. The second-order valence-corrected chi connectivity index (χ2v) is 8.86. The molecule has 0 aliphatic carbocycles. The van der Waals surface area contributed by atoms with Crippen LogP contribution in [0, 0.1) is 6.92 Å². The quantitative estimate of drug-likeness (QED) is 0.604. The zero-order valence-corrected chi connectivity index (χ0v) is 19.2. The average molecular weight is 455 g/mol. The van der Waals surface area contributed by atoms with Crippen LogP contribution < -0.4 is 10.1 Å². The highest BCUT2D eigenvalue weighted by atomic mass is 32.1. The minimum Gasteiger partial charge on any atom is -0.496 e. The van der Waals surface area contributed by atoms with Gasteiger partial charge in [0.05, 0.1) is 24.9 Å². The molecule has 8 nitrogen and oxygen atoms in total. The maximum absolute atomic E-state index is 13.1. The molecule has 2 aromatic heterocycles. The van der Waals surface area contributed by atoms with Crippen molar-refractivity contribution in [2.45, 2.75) is 39.0 Å². The molecule has 1 aromatic carbocycles. The van der Waals surface area contributed by atoms with Crippen LogP contribution >= 0.6 is 11.3 Å². The number of benzene rings is 1. The van der Waals surface area contributed by atoms with Gasteiger partial charge in [0.2, 0.25) is 5.91 Å². The third kappa shape index (κ3) is 4.83. The molecule has 0 bridgehead atoms. The summed E-state index contributed by atoms with van der Waals surface area (Å²) >= 11 is 1.21. The third-order valence-electron chi connectivity index (χ3n) is 5.46. The molecule has 4 rings (SSSR count). The van der Waals surface area contributed by atoms with E-state index in [2.05, 4.69) is 15.3 Å². The van der Waals surface area contributed by atoms with Crippen molar-refractivity contribution in [1.82, 2.24) is 14.9 Å². The fourth-order valence-electron chi connectivity index (χ4n) is 3.94. The van der Waals surface area contributed by atoms with Gasteiger partial charge in [0, 0.05) is 32.0 Å². The number of rotatable bonds is 6. The largest absolute Gasteiger partial charge is 0.496 e. The number of anilines is 1. The Labute approximate surface area is 190 Å². The van der Waals surface area contributed by atoms with E-state index in [0.717, 1.165) is 29.9 Å². The number of nitrogens with one attached hydrogen (secondary N) is 1. The monoisotopic (exact) mass is 454 g/mol. The summed E-state index contributed by atoms with van der Waals surface area (Å²) in [5, 5.41) is 3.10. The minimum atomic E-state index is -0.205. The van der Waals surface area contributed by atoms with E-state index in [1.165, 1.54) is 18.3 Å². The molecule has 1 N–H and O–H groups in total. The van der Waals surface area contributed by atoms with E-state index in [-0.39, 0.29) is 17.7 Å². The van der Waals surface area contributed by atoms with Crippen LogP contribution in [0.1, 0.15) is 58.3 Å². The normalized spacial score (nSPS) is 16.1. The number of hydrogen-bond donors (Lipinski definition) is 1. The number of carbonyl (C=O) groups excluding carboxylic acids is 2. The van der Waals surface area contributed by atoms with E-state index in [9.17, 15) is 9.59 Å². The van der Waals surface area contributed by atoms with Gasteiger partial charge in [0.25, 0.3) is 5.91 Å². The number of thiazole rings is 1. The van der Waals surface area contributed by atoms with Crippen molar-refractivity contribution in [2.75, 3.05) is 25.5 Å². The number of piperidine rings is 1. The number of oxazole rings is 1. The summed E-state index contributed by atoms with van der Waals surface area (Å²) in [6, 6.07) is 7.84. The van der Waals surface area contributed by atoms with E-state index in [4.69, 9.17) is 9.15 Å². The zero-order valence-electron chi connectivity index (χ0n) is 18.4. The fourth-order valence-corrected chi connectivity index (χ4v) is 4.92. The third-order valence-corrected chi connectivity index (χ3v) is 6.52. The summed E-state index contributed by atoms with van der Waals surface area (Å²) < 4.78 is 11.5. The van der Waals surface area contributed by atoms with Gasteiger partial charge in [-0.05, 0) is 25.8 Å². The van der Waals surface area contributed by atoms with Gasteiger partial charge in [-0.3, -0.25) is 9.59 Å². The van der Waals surface area contributed by atoms with Crippen molar-refractivity contribution in [2.24, 2.45) is 0 Å². The first-order valence-electron chi connectivity index (χ1n) is 10.6. The number of para-hydroxylation sites is 1. The van der Waals surface area contributed by atoms with Crippen molar-refractivity contribution in [3.63, 3.8) is 0 Å². The lowest BCUT2D eigenvalue weighted by Crippen LogP contribution is -2.39. The van der Waals surface area contributed by atoms with Gasteiger partial charge in [-0.25, -0.2) is 9.97 Å². The summed E-state index contributed by atoms with van der Waals surface area (Å²) in [6.07, 6.45) is 4.14. The molecule has 3 heterocycles. The van der Waals surface area contributed by atoms with Crippen LogP contribution in [0.4, 0.5) is 5.13 Å². The Kier molecular flexibility index (Phi) is 6.55.